The molecular weight excluding hydrogens is 777 g/mol. The van der Waals surface area contributed by atoms with Gasteiger partial charge in [0.05, 0.1) is 27.6 Å². The maximum Gasteiger partial charge on any atom is 0.162 e. The molecule has 0 fully saturated rings. The van der Waals surface area contributed by atoms with Crippen LogP contribution in [0.3, 0.4) is 0 Å². The summed E-state index contributed by atoms with van der Waals surface area (Å²) >= 11 is 3.78. The van der Waals surface area contributed by atoms with Crippen LogP contribution in [0, 0.1) is 0 Å². The minimum absolute atomic E-state index is 0.659. The Bertz CT molecular complexity index is 3510. The molecule has 0 unspecified atom stereocenters. The second-order valence-electron chi connectivity index (χ2n) is 14.7. The molecule has 58 heavy (non-hydrogen) atoms. The zero-order chi connectivity index (χ0) is 38.3. The average molecular weight is 808 g/mol. The molecule has 4 heterocycles. The lowest BCUT2D eigenvalue weighted by molar-refractivity contribution is 0.670. The molecule has 0 aliphatic carbocycles. The maximum absolute atomic E-state index is 6.42. The fourth-order valence-electron chi connectivity index (χ4n) is 8.80. The summed E-state index contributed by atoms with van der Waals surface area (Å²) in [5, 5.41) is 6.78. The van der Waals surface area contributed by atoms with E-state index in [-0.39, 0.29) is 0 Å². The van der Waals surface area contributed by atoms with Crippen molar-refractivity contribution in [1.29, 1.82) is 0 Å². The first kappa shape index (κ1) is 32.9. The van der Waals surface area contributed by atoms with Crippen LogP contribution in [-0.4, -0.2) is 19.1 Å². The van der Waals surface area contributed by atoms with Crippen molar-refractivity contribution in [3.63, 3.8) is 0 Å². The molecule has 272 valence electrons. The smallest absolute Gasteiger partial charge is 0.162 e. The molecule has 0 amide bonds. The van der Waals surface area contributed by atoms with E-state index in [9.17, 15) is 0 Å². The first-order valence-electron chi connectivity index (χ1n) is 19.4. The summed E-state index contributed by atoms with van der Waals surface area (Å²) in [6.45, 7) is 0. The summed E-state index contributed by atoms with van der Waals surface area (Å²) in [5.74, 6) is 0.659. The summed E-state index contributed by atoms with van der Waals surface area (Å²) in [7, 11) is 0. The first-order valence-corrected chi connectivity index (χ1v) is 20.1. The molecule has 12 aromatic rings. The topological polar surface area (TPSA) is 48.8 Å². The molecule has 6 heteroatoms. The zero-order valence-electron chi connectivity index (χ0n) is 31.0. The van der Waals surface area contributed by atoms with Crippen LogP contribution in [0.25, 0.3) is 111 Å². The van der Waals surface area contributed by atoms with E-state index in [0.717, 1.165) is 87.7 Å². The van der Waals surface area contributed by atoms with E-state index in [1.54, 1.807) is 0 Å². The third-order valence-electron chi connectivity index (χ3n) is 11.4. The second-order valence-corrected chi connectivity index (χ2v) is 15.6. The Morgan fingerprint density at radius 3 is 1.79 bits per heavy atom. The molecule has 0 atom stereocenters. The van der Waals surface area contributed by atoms with Crippen LogP contribution >= 0.6 is 15.9 Å². The Hall–Kier alpha value is -7.28. The number of furan rings is 1. The molecule has 0 aliphatic heterocycles. The van der Waals surface area contributed by atoms with E-state index >= 15 is 0 Å². The maximum atomic E-state index is 6.42. The fraction of sp³-hybridized carbons (Fsp3) is 0. The molecule has 8 aromatic carbocycles. The third kappa shape index (κ3) is 5.02. The Labute approximate surface area is 341 Å². The van der Waals surface area contributed by atoms with Gasteiger partial charge in [0.15, 0.2) is 5.82 Å². The summed E-state index contributed by atoms with van der Waals surface area (Å²) < 4.78 is 12.0. The van der Waals surface area contributed by atoms with E-state index in [2.05, 4.69) is 195 Å². The predicted octanol–water partition coefficient (Wildman–Crippen LogP) is 14.3. The molecular formula is C52H31BrN4O. The van der Waals surface area contributed by atoms with Gasteiger partial charge in [-0.25, -0.2) is 9.97 Å². The summed E-state index contributed by atoms with van der Waals surface area (Å²) in [4.78, 5) is 10.8. The van der Waals surface area contributed by atoms with Crippen LogP contribution in [-0.2, 0) is 0 Å². The zero-order valence-corrected chi connectivity index (χ0v) is 32.6. The summed E-state index contributed by atoms with van der Waals surface area (Å²) in [5.41, 5.74) is 13.1. The summed E-state index contributed by atoms with van der Waals surface area (Å²) in [6, 6.07) is 66.1. The van der Waals surface area contributed by atoms with Gasteiger partial charge in [0, 0.05) is 59.5 Å². The van der Waals surface area contributed by atoms with Gasteiger partial charge >= 0.3 is 0 Å². The van der Waals surface area contributed by atoms with E-state index in [4.69, 9.17) is 14.4 Å². The Kier molecular flexibility index (Phi) is 7.31. The van der Waals surface area contributed by atoms with Crippen molar-refractivity contribution in [2.75, 3.05) is 0 Å². The fourth-order valence-corrected chi connectivity index (χ4v) is 9.16. The van der Waals surface area contributed by atoms with Crippen molar-refractivity contribution in [2.45, 2.75) is 0 Å². The third-order valence-corrected chi connectivity index (χ3v) is 11.9. The largest absolute Gasteiger partial charge is 0.455 e. The highest BCUT2D eigenvalue weighted by Gasteiger charge is 2.22. The highest BCUT2D eigenvalue weighted by Crippen LogP contribution is 2.41. The molecule has 0 radical (unpaired) electrons. The number of aromatic nitrogens is 4. The number of fused-ring (bicyclic) bond motifs is 9. The van der Waals surface area contributed by atoms with Gasteiger partial charge in [-0.1, -0.05) is 131 Å². The van der Waals surface area contributed by atoms with Crippen LogP contribution in [0.15, 0.2) is 197 Å². The Morgan fingerprint density at radius 2 is 1.03 bits per heavy atom. The molecule has 12 rings (SSSR count). The number of halogens is 1. The van der Waals surface area contributed by atoms with Crippen LogP contribution in [0.2, 0.25) is 0 Å². The predicted molar refractivity (Wildman–Crippen MR) is 242 cm³/mol. The van der Waals surface area contributed by atoms with Gasteiger partial charge in [-0.3, -0.25) is 4.57 Å². The Balaban J connectivity index is 1.06. The van der Waals surface area contributed by atoms with E-state index in [0.29, 0.717) is 5.82 Å². The van der Waals surface area contributed by atoms with E-state index in [1.807, 2.05) is 18.2 Å². The molecule has 0 aliphatic rings. The molecule has 0 N–H and O–H groups in total. The van der Waals surface area contributed by atoms with Crippen molar-refractivity contribution in [1.82, 2.24) is 19.1 Å². The number of benzene rings is 8. The number of hydrogen-bond donors (Lipinski definition) is 0. The van der Waals surface area contributed by atoms with Crippen LogP contribution in [0.5, 0.6) is 0 Å². The molecule has 0 spiro atoms. The van der Waals surface area contributed by atoms with Crippen molar-refractivity contribution < 1.29 is 4.42 Å². The van der Waals surface area contributed by atoms with Gasteiger partial charge in [-0.05, 0) is 78.4 Å². The van der Waals surface area contributed by atoms with Crippen molar-refractivity contribution in [3.05, 3.63) is 193 Å². The number of para-hydroxylation sites is 5. The molecule has 0 saturated heterocycles. The van der Waals surface area contributed by atoms with Gasteiger partial charge in [0.2, 0.25) is 0 Å². The van der Waals surface area contributed by atoms with Crippen molar-refractivity contribution >= 4 is 81.6 Å². The van der Waals surface area contributed by atoms with Crippen LogP contribution in [0.1, 0.15) is 0 Å². The number of rotatable bonds is 5. The SMILES string of the molecule is Brc1ccc2c(c1)c1c(-c3ccc(-c4cccc5c4oc4ccccc45)cc3)nc(-c3ccc(-n4c5ccccc5c5ccccc54)cc3)nc1n2-c1ccccc1. The van der Waals surface area contributed by atoms with Crippen molar-refractivity contribution in [3.8, 4) is 45.1 Å². The highest BCUT2D eigenvalue weighted by atomic mass is 79.9. The van der Waals surface area contributed by atoms with Gasteiger partial charge in [0.25, 0.3) is 0 Å². The quantitative estimate of drug-likeness (QED) is 0.174. The second kappa shape index (κ2) is 12.9. The van der Waals surface area contributed by atoms with Crippen molar-refractivity contribution in [2.24, 2.45) is 0 Å². The molecule has 5 nitrogen and oxygen atoms in total. The summed E-state index contributed by atoms with van der Waals surface area (Å²) in [6.07, 6.45) is 0. The van der Waals surface area contributed by atoms with Gasteiger partial charge in [0.1, 0.15) is 16.8 Å². The van der Waals surface area contributed by atoms with Gasteiger partial charge < -0.3 is 8.98 Å². The van der Waals surface area contributed by atoms with E-state index in [1.165, 1.54) is 21.8 Å². The standard InChI is InChI=1S/C52H31BrN4O/c53-35-27-30-46-43(31-35)48-49(33-23-21-32(22-24-33)38-16-10-17-42-41-15-6-9-20-47(41)58-50(38)42)54-51(55-52(48)57(46)36-11-2-1-3-12-36)34-25-28-37(29-26-34)56-44-18-7-4-13-39(44)40-14-5-8-19-45(40)56/h1-31H. The highest BCUT2D eigenvalue weighted by molar-refractivity contribution is 9.10. The number of nitrogens with zero attached hydrogens (tertiary/aromatic N) is 4. The van der Waals surface area contributed by atoms with Crippen LogP contribution < -0.4 is 0 Å². The lowest BCUT2D eigenvalue weighted by Crippen LogP contribution is -2.00. The minimum atomic E-state index is 0.659. The van der Waals surface area contributed by atoms with E-state index < -0.39 is 0 Å². The Morgan fingerprint density at radius 1 is 0.431 bits per heavy atom. The van der Waals surface area contributed by atoms with Gasteiger partial charge in [-0.2, -0.15) is 0 Å². The number of hydrogen-bond acceptors (Lipinski definition) is 3. The molecule has 0 bridgehead atoms. The first-order chi connectivity index (χ1) is 28.7. The lowest BCUT2D eigenvalue weighted by Gasteiger charge is -2.12. The molecule has 0 saturated carbocycles. The molecule has 4 aromatic heterocycles. The van der Waals surface area contributed by atoms with Gasteiger partial charge in [-0.15, -0.1) is 0 Å². The minimum Gasteiger partial charge on any atom is -0.455 e. The average Bonchev–Trinajstić information content (AvgIpc) is 3.94. The monoisotopic (exact) mass is 806 g/mol. The normalized spacial score (nSPS) is 11.9. The van der Waals surface area contributed by atoms with Crippen LogP contribution in [0.4, 0.5) is 0 Å². The lowest BCUT2D eigenvalue weighted by atomic mass is 9.99.